The Morgan fingerprint density at radius 3 is 2.67 bits per heavy atom. The molecule has 90 valence electrons. The Kier molecular flexibility index (Phi) is 2.77. The summed E-state index contributed by atoms with van der Waals surface area (Å²) in [5.74, 6) is 0.903. The molecular weight excluding hydrogens is 222 g/mol. The maximum Gasteiger partial charge on any atom is 0.119 e. The minimum Gasteiger partial charge on any atom is -0.489 e. The predicted molar refractivity (Wildman–Crippen MR) is 73.8 cm³/mol. The number of aryl methyl sites for hydroxylation is 1. The number of aromatic amines is 1. The Balaban J connectivity index is 1.87. The maximum absolute atomic E-state index is 5.79. The highest BCUT2D eigenvalue weighted by molar-refractivity contribution is 5.86. The van der Waals surface area contributed by atoms with E-state index in [1.54, 1.807) is 0 Å². The summed E-state index contributed by atoms with van der Waals surface area (Å²) < 4.78 is 5.79. The van der Waals surface area contributed by atoms with Crippen LogP contribution < -0.4 is 4.74 Å². The fourth-order valence-corrected chi connectivity index (χ4v) is 2.24. The van der Waals surface area contributed by atoms with E-state index in [9.17, 15) is 0 Å². The lowest BCUT2D eigenvalue weighted by molar-refractivity contribution is 0.307. The van der Waals surface area contributed by atoms with Gasteiger partial charge >= 0.3 is 0 Å². The number of hydrogen-bond donors (Lipinski definition) is 1. The molecule has 1 aromatic heterocycles. The molecule has 0 spiro atoms. The molecule has 0 aliphatic heterocycles. The van der Waals surface area contributed by atoms with Gasteiger partial charge in [0.1, 0.15) is 12.4 Å². The van der Waals surface area contributed by atoms with E-state index >= 15 is 0 Å². The Hall–Kier alpha value is -2.22. The number of benzene rings is 2. The van der Waals surface area contributed by atoms with Gasteiger partial charge in [-0.2, -0.15) is 0 Å². The van der Waals surface area contributed by atoms with Crippen molar-refractivity contribution < 1.29 is 4.74 Å². The maximum atomic E-state index is 5.79. The Morgan fingerprint density at radius 2 is 1.83 bits per heavy atom. The second kappa shape index (κ2) is 4.57. The Labute approximate surface area is 106 Å². The first-order valence-corrected chi connectivity index (χ1v) is 6.08. The topological polar surface area (TPSA) is 25.0 Å². The molecule has 2 nitrogen and oxygen atoms in total. The zero-order valence-corrected chi connectivity index (χ0v) is 10.3. The minimum absolute atomic E-state index is 0.592. The van der Waals surface area contributed by atoms with Gasteiger partial charge in [-0.05, 0) is 30.7 Å². The third-order valence-corrected chi connectivity index (χ3v) is 3.13. The van der Waals surface area contributed by atoms with Gasteiger partial charge in [0.25, 0.3) is 0 Å². The van der Waals surface area contributed by atoms with Crippen LogP contribution in [0.2, 0.25) is 0 Å². The second-order valence-corrected chi connectivity index (χ2v) is 4.41. The lowest BCUT2D eigenvalue weighted by atomic mass is 10.1. The van der Waals surface area contributed by atoms with Gasteiger partial charge in [0.15, 0.2) is 0 Å². The van der Waals surface area contributed by atoms with Gasteiger partial charge in [0, 0.05) is 22.7 Å². The van der Waals surface area contributed by atoms with Gasteiger partial charge in [-0.3, -0.25) is 0 Å². The number of H-pyrrole nitrogens is 1. The van der Waals surface area contributed by atoms with Crippen LogP contribution in [0.1, 0.15) is 11.1 Å². The highest BCUT2D eigenvalue weighted by Crippen LogP contribution is 2.23. The highest BCUT2D eigenvalue weighted by Gasteiger charge is 2.06. The second-order valence-electron chi connectivity index (χ2n) is 4.41. The van der Waals surface area contributed by atoms with E-state index in [0.29, 0.717) is 6.61 Å². The highest BCUT2D eigenvalue weighted by atomic mass is 16.5. The molecule has 0 amide bonds. The monoisotopic (exact) mass is 237 g/mol. The third-order valence-electron chi connectivity index (χ3n) is 3.13. The average Bonchev–Trinajstić information content (AvgIpc) is 2.82. The number of hydrogen-bond acceptors (Lipinski definition) is 1. The molecule has 1 heterocycles. The minimum atomic E-state index is 0.592. The van der Waals surface area contributed by atoms with E-state index in [1.807, 2.05) is 36.5 Å². The van der Waals surface area contributed by atoms with Crippen LogP contribution in [0.4, 0.5) is 0 Å². The van der Waals surface area contributed by atoms with Gasteiger partial charge in [-0.15, -0.1) is 0 Å². The van der Waals surface area contributed by atoms with Crippen molar-refractivity contribution >= 4 is 10.9 Å². The van der Waals surface area contributed by atoms with E-state index < -0.39 is 0 Å². The molecule has 2 aromatic carbocycles. The summed E-state index contributed by atoms with van der Waals surface area (Å²) >= 11 is 0. The molecule has 0 saturated heterocycles. The summed E-state index contributed by atoms with van der Waals surface area (Å²) in [6, 6.07) is 16.2. The first-order valence-electron chi connectivity index (χ1n) is 6.08. The predicted octanol–water partition coefficient (Wildman–Crippen LogP) is 4.06. The van der Waals surface area contributed by atoms with Crippen molar-refractivity contribution in [1.29, 1.82) is 0 Å². The number of para-hydroxylation sites is 1. The fraction of sp³-hybridized carbons (Fsp3) is 0.125. The molecule has 3 aromatic rings. The molecule has 0 unspecified atom stereocenters. The standard InChI is InChI=1S/C16H15NO/c1-12-6-5-9-15-16(12)13(10-17-15)11-18-14-7-3-2-4-8-14/h2-10,17H,11H2,1H3. The van der Waals surface area contributed by atoms with Gasteiger partial charge < -0.3 is 9.72 Å². The van der Waals surface area contributed by atoms with Crippen molar-refractivity contribution in [2.45, 2.75) is 13.5 Å². The van der Waals surface area contributed by atoms with Crippen molar-refractivity contribution in [2.75, 3.05) is 0 Å². The summed E-state index contributed by atoms with van der Waals surface area (Å²) in [4.78, 5) is 3.29. The normalized spacial score (nSPS) is 10.7. The molecule has 18 heavy (non-hydrogen) atoms. The number of rotatable bonds is 3. The summed E-state index contributed by atoms with van der Waals surface area (Å²) in [6.45, 7) is 2.72. The van der Waals surface area contributed by atoms with E-state index in [4.69, 9.17) is 4.74 Å². The largest absolute Gasteiger partial charge is 0.489 e. The van der Waals surface area contributed by atoms with Gasteiger partial charge in [0.2, 0.25) is 0 Å². The van der Waals surface area contributed by atoms with Crippen LogP contribution in [0.3, 0.4) is 0 Å². The van der Waals surface area contributed by atoms with Crippen LogP contribution >= 0.6 is 0 Å². The van der Waals surface area contributed by atoms with Crippen LogP contribution in [0.5, 0.6) is 5.75 Å². The van der Waals surface area contributed by atoms with Crippen molar-refractivity contribution in [3.05, 3.63) is 65.9 Å². The van der Waals surface area contributed by atoms with Crippen LogP contribution in [-0.2, 0) is 6.61 Å². The fourth-order valence-electron chi connectivity index (χ4n) is 2.24. The smallest absolute Gasteiger partial charge is 0.119 e. The zero-order chi connectivity index (χ0) is 12.4. The van der Waals surface area contributed by atoms with Gasteiger partial charge in [-0.1, -0.05) is 30.3 Å². The lowest BCUT2D eigenvalue weighted by Crippen LogP contribution is -1.94. The van der Waals surface area contributed by atoms with Crippen LogP contribution in [0.25, 0.3) is 10.9 Å². The van der Waals surface area contributed by atoms with E-state index in [-0.39, 0.29) is 0 Å². The summed E-state index contributed by atoms with van der Waals surface area (Å²) in [5.41, 5.74) is 3.65. The SMILES string of the molecule is Cc1cccc2[nH]cc(COc3ccccc3)c12. The number of aromatic nitrogens is 1. The van der Waals surface area contributed by atoms with E-state index in [0.717, 1.165) is 5.75 Å². The summed E-state index contributed by atoms with van der Waals surface area (Å²) in [5, 5.41) is 1.27. The molecule has 3 rings (SSSR count). The first kappa shape index (κ1) is 10.9. The van der Waals surface area contributed by atoms with Crippen LogP contribution in [0, 0.1) is 6.92 Å². The number of ether oxygens (including phenoxy) is 1. The summed E-state index contributed by atoms with van der Waals surface area (Å²) in [6.07, 6.45) is 2.03. The molecule has 2 heteroatoms. The van der Waals surface area contributed by atoms with E-state index in [2.05, 4.69) is 30.1 Å². The molecule has 0 fully saturated rings. The Morgan fingerprint density at radius 1 is 1.00 bits per heavy atom. The molecule has 0 aliphatic carbocycles. The average molecular weight is 237 g/mol. The molecule has 1 N–H and O–H groups in total. The lowest BCUT2D eigenvalue weighted by Gasteiger charge is -2.05. The van der Waals surface area contributed by atoms with E-state index in [1.165, 1.54) is 22.0 Å². The van der Waals surface area contributed by atoms with Crippen molar-refractivity contribution in [3.63, 3.8) is 0 Å². The molecule has 0 aliphatic rings. The molecule has 0 bridgehead atoms. The molecular formula is C16H15NO. The molecule has 0 saturated carbocycles. The quantitative estimate of drug-likeness (QED) is 0.730. The third kappa shape index (κ3) is 1.97. The Bertz CT molecular complexity index is 655. The summed E-state index contributed by atoms with van der Waals surface area (Å²) in [7, 11) is 0. The zero-order valence-electron chi connectivity index (χ0n) is 10.3. The number of nitrogens with one attached hydrogen (secondary N) is 1. The van der Waals surface area contributed by atoms with Crippen molar-refractivity contribution in [1.82, 2.24) is 4.98 Å². The van der Waals surface area contributed by atoms with Gasteiger partial charge in [-0.25, -0.2) is 0 Å². The number of fused-ring (bicyclic) bond motifs is 1. The van der Waals surface area contributed by atoms with Gasteiger partial charge in [0.05, 0.1) is 0 Å². The van der Waals surface area contributed by atoms with Crippen LogP contribution in [-0.4, -0.2) is 4.98 Å². The molecule has 0 radical (unpaired) electrons. The van der Waals surface area contributed by atoms with Crippen LogP contribution in [0.15, 0.2) is 54.7 Å². The van der Waals surface area contributed by atoms with Crippen molar-refractivity contribution in [3.8, 4) is 5.75 Å². The molecule has 0 atom stereocenters. The first-order chi connectivity index (χ1) is 8.84. The van der Waals surface area contributed by atoms with Crippen molar-refractivity contribution in [2.24, 2.45) is 0 Å².